The predicted octanol–water partition coefficient (Wildman–Crippen LogP) is 3.51. The molecule has 2 atom stereocenters. The van der Waals surface area contributed by atoms with Crippen LogP contribution in [0.4, 0.5) is 29.3 Å². The van der Waals surface area contributed by atoms with Crippen LogP contribution < -0.4 is 10.6 Å². The second-order valence-electron chi connectivity index (χ2n) is 7.30. The molecule has 2 amide bonds. The van der Waals surface area contributed by atoms with E-state index in [9.17, 15) is 18.0 Å². The minimum atomic E-state index is -4.44. The summed E-state index contributed by atoms with van der Waals surface area (Å²) in [6, 6.07) is 0.984. The maximum absolute atomic E-state index is 12.4. The lowest BCUT2D eigenvalue weighted by molar-refractivity contribution is -0.123. The van der Waals surface area contributed by atoms with E-state index in [4.69, 9.17) is 6.57 Å². The molecule has 0 spiro atoms. The molecule has 2 aromatic heterocycles. The largest absolute Gasteiger partial charge is 0.405 e. The van der Waals surface area contributed by atoms with Gasteiger partial charge in [0.2, 0.25) is 5.69 Å². The lowest BCUT2D eigenvalue weighted by atomic mass is 9.97. The summed E-state index contributed by atoms with van der Waals surface area (Å²) in [5.41, 5.74) is 1.67. The van der Waals surface area contributed by atoms with Crippen LogP contribution in [0.15, 0.2) is 18.5 Å². The van der Waals surface area contributed by atoms with Crippen LogP contribution in [0, 0.1) is 18.4 Å². The molecule has 0 bridgehead atoms. The number of halogens is 3. The SMILES string of the molecule is [C-]#[N+]c1cnc2[nH]ccc2c1N[C@H]1CN(C(=O)NCC(F)(F)F)C[C@H]1C1CC1. The Bertz CT molecular complexity index is 930. The molecule has 2 fully saturated rings. The molecule has 0 radical (unpaired) electrons. The van der Waals surface area contributed by atoms with E-state index in [-0.39, 0.29) is 18.5 Å². The van der Waals surface area contributed by atoms with Crippen molar-refractivity contribution in [1.82, 2.24) is 20.2 Å². The van der Waals surface area contributed by atoms with Crippen LogP contribution in [0.1, 0.15) is 12.8 Å². The molecule has 2 aromatic rings. The Labute approximate surface area is 159 Å². The first-order chi connectivity index (χ1) is 13.4. The fourth-order valence-electron chi connectivity index (χ4n) is 3.86. The standard InChI is InChI=1S/C18H19F3N6O/c1-22-13-6-24-16-11(4-5-23-16)15(13)26-14-8-27(7-12(14)10-2-3-10)17(28)25-9-18(19,20)21/h4-6,10,12,14H,2-3,7-9H2,(H,25,28)(H2,23,24,26)/t12-,14-/m0/s1. The number of hydrogen-bond acceptors (Lipinski definition) is 3. The predicted molar refractivity (Wildman–Crippen MR) is 97.0 cm³/mol. The van der Waals surface area contributed by atoms with Crippen molar-refractivity contribution in [3.8, 4) is 0 Å². The number of carbonyl (C=O) groups is 1. The number of nitrogens with one attached hydrogen (secondary N) is 3. The lowest BCUT2D eigenvalue weighted by Crippen LogP contribution is -2.43. The van der Waals surface area contributed by atoms with Gasteiger partial charge in [-0.25, -0.2) is 9.64 Å². The summed E-state index contributed by atoms with van der Waals surface area (Å²) in [7, 11) is 0. The Morgan fingerprint density at radius 3 is 2.86 bits per heavy atom. The number of hydrogen-bond donors (Lipinski definition) is 3. The molecule has 0 unspecified atom stereocenters. The third-order valence-electron chi connectivity index (χ3n) is 5.34. The van der Waals surface area contributed by atoms with Crippen molar-refractivity contribution in [1.29, 1.82) is 0 Å². The first kappa shape index (κ1) is 18.4. The molecule has 4 rings (SSSR count). The highest BCUT2D eigenvalue weighted by Gasteiger charge is 2.44. The fourth-order valence-corrected chi connectivity index (χ4v) is 3.86. The maximum Gasteiger partial charge on any atom is 0.405 e. The summed E-state index contributed by atoms with van der Waals surface area (Å²) < 4.78 is 37.2. The second-order valence-corrected chi connectivity index (χ2v) is 7.30. The molecule has 10 heteroatoms. The smallest absolute Gasteiger partial charge is 0.388 e. The molecule has 3 N–H and O–H groups in total. The van der Waals surface area contributed by atoms with E-state index in [1.807, 2.05) is 11.4 Å². The second kappa shape index (κ2) is 6.89. The number of likely N-dealkylation sites (tertiary alicyclic amines) is 1. The Balaban J connectivity index is 1.53. The van der Waals surface area contributed by atoms with Gasteiger partial charge in [-0.1, -0.05) is 0 Å². The van der Waals surface area contributed by atoms with E-state index in [0.29, 0.717) is 29.5 Å². The normalized spacial score (nSPS) is 22.3. The van der Waals surface area contributed by atoms with Crippen LogP contribution in [0.2, 0.25) is 0 Å². The van der Waals surface area contributed by atoms with Crippen molar-refractivity contribution in [2.45, 2.75) is 25.1 Å². The van der Waals surface area contributed by atoms with Crippen LogP contribution in [-0.4, -0.2) is 52.8 Å². The lowest BCUT2D eigenvalue weighted by Gasteiger charge is -2.22. The Kier molecular flexibility index (Phi) is 4.53. The van der Waals surface area contributed by atoms with Gasteiger partial charge in [0.25, 0.3) is 0 Å². The van der Waals surface area contributed by atoms with E-state index in [1.54, 1.807) is 6.20 Å². The molecular weight excluding hydrogens is 373 g/mol. The molecule has 3 heterocycles. The van der Waals surface area contributed by atoms with Crippen LogP contribution in [0.25, 0.3) is 15.9 Å². The molecule has 1 aliphatic heterocycles. The van der Waals surface area contributed by atoms with Gasteiger partial charge >= 0.3 is 12.2 Å². The van der Waals surface area contributed by atoms with Crippen LogP contribution >= 0.6 is 0 Å². The van der Waals surface area contributed by atoms with E-state index in [1.165, 1.54) is 11.1 Å². The van der Waals surface area contributed by atoms with Crippen molar-refractivity contribution in [3.63, 3.8) is 0 Å². The number of anilines is 1. The van der Waals surface area contributed by atoms with Gasteiger partial charge < -0.3 is 20.5 Å². The Morgan fingerprint density at radius 1 is 1.39 bits per heavy atom. The first-order valence-corrected chi connectivity index (χ1v) is 9.05. The van der Waals surface area contributed by atoms with Gasteiger partial charge in [0.1, 0.15) is 12.2 Å². The van der Waals surface area contributed by atoms with Crippen molar-refractivity contribution in [3.05, 3.63) is 29.9 Å². The number of carbonyl (C=O) groups excluding carboxylic acids is 1. The molecule has 28 heavy (non-hydrogen) atoms. The van der Waals surface area contributed by atoms with Gasteiger partial charge in [0, 0.05) is 42.8 Å². The summed E-state index contributed by atoms with van der Waals surface area (Å²) in [5.74, 6) is 0.579. The zero-order chi connectivity index (χ0) is 19.9. The van der Waals surface area contributed by atoms with Gasteiger partial charge in [-0.2, -0.15) is 13.2 Å². The summed E-state index contributed by atoms with van der Waals surface area (Å²) in [6.07, 6.45) is 0.882. The van der Waals surface area contributed by atoms with E-state index in [0.717, 1.165) is 18.2 Å². The van der Waals surface area contributed by atoms with E-state index >= 15 is 0 Å². The number of rotatable bonds is 4. The summed E-state index contributed by atoms with van der Waals surface area (Å²) in [4.78, 5) is 24.4. The third kappa shape index (κ3) is 3.69. The number of amides is 2. The zero-order valence-electron chi connectivity index (χ0n) is 14.9. The molecule has 1 saturated carbocycles. The van der Waals surface area contributed by atoms with Gasteiger partial charge in [0.15, 0.2) is 0 Å². The maximum atomic E-state index is 12.4. The summed E-state index contributed by atoms with van der Waals surface area (Å²) in [6.45, 7) is 6.76. The highest BCUT2D eigenvalue weighted by Crippen LogP contribution is 2.43. The summed E-state index contributed by atoms with van der Waals surface area (Å²) >= 11 is 0. The van der Waals surface area contributed by atoms with Gasteiger partial charge in [0.05, 0.1) is 12.3 Å². The number of pyridine rings is 1. The quantitative estimate of drug-likeness (QED) is 0.697. The minimum absolute atomic E-state index is 0.134. The average Bonchev–Trinajstić information content (AvgIpc) is 3.22. The monoisotopic (exact) mass is 392 g/mol. The number of urea groups is 1. The molecule has 1 aliphatic carbocycles. The average molecular weight is 392 g/mol. The van der Waals surface area contributed by atoms with Gasteiger partial charge in [-0.3, -0.25) is 4.98 Å². The van der Waals surface area contributed by atoms with Crippen LogP contribution in [-0.2, 0) is 0 Å². The van der Waals surface area contributed by atoms with Gasteiger partial charge in [-0.15, -0.1) is 0 Å². The van der Waals surface area contributed by atoms with Gasteiger partial charge in [-0.05, 0) is 24.8 Å². The number of nitrogens with zero attached hydrogens (tertiary/aromatic N) is 3. The van der Waals surface area contributed by atoms with Crippen LogP contribution in [0.3, 0.4) is 0 Å². The minimum Gasteiger partial charge on any atom is -0.388 e. The molecule has 1 saturated heterocycles. The molecule has 0 aromatic carbocycles. The summed E-state index contributed by atoms with van der Waals surface area (Å²) in [5, 5.41) is 6.13. The molecule has 148 valence electrons. The van der Waals surface area contributed by atoms with Crippen molar-refractivity contribution in [2.75, 3.05) is 25.0 Å². The number of aromatic nitrogens is 2. The third-order valence-corrected chi connectivity index (χ3v) is 5.34. The number of fused-ring (bicyclic) bond motifs is 1. The van der Waals surface area contributed by atoms with Crippen molar-refractivity contribution in [2.24, 2.45) is 11.8 Å². The highest BCUT2D eigenvalue weighted by molar-refractivity contribution is 5.96. The molecule has 7 nitrogen and oxygen atoms in total. The molecule has 2 aliphatic rings. The fraction of sp³-hybridized carbons (Fsp3) is 0.500. The van der Waals surface area contributed by atoms with E-state index < -0.39 is 18.8 Å². The highest BCUT2D eigenvalue weighted by atomic mass is 19.4. The number of aromatic amines is 1. The molecular formula is C18H19F3N6O. The number of H-pyrrole nitrogens is 1. The Morgan fingerprint density at radius 2 is 2.18 bits per heavy atom. The zero-order valence-corrected chi connectivity index (χ0v) is 14.9. The van der Waals surface area contributed by atoms with Crippen molar-refractivity contribution < 1.29 is 18.0 Å². The topological polar surface area (TPSA) is 77.4 Å². The van der Waals surface area contributed by atoms with Crippen molar-refractivity contribution >= 4 is 28.4 Å². The Hall–Kier alpha value is -2.96. The number of alkyl halides is 3. The van der Waals surface area contributed by atoms with E-state index in [2.05, 4.69) is 20.1 Å². The van der Waals surface area contributed by atoms with Crippen LogP contribution in [0.5, 0.6) is 0 Å². The first-order valence-electron chi connectivity index (χ1n) is 9.05.